The molecule has 2 aromatic carbocycles. The van der Waals surface area contributed by atoms with E-state index in [0.717, 1.165) is 12.0 Å². The third-order valence-corrected chi connectivity index (χ3v) is 4.96. The molecule has 0 fully saturated rings. The zero-order valence-corrected chi connectivity index (χ0v) is 18.6. The summed E-state index contributed by atoms with van der Waals surface area (Å²) in [5.41, 5.74) is 1.65. The number of carbonyl (C=O) groups excluding carboxylic acids is 1. The highest BCUT2D eigenvalue weighted by Gasteiger charge is 2.22. The molecule has 2 rings (SSSR count). The summed E-state index contributed by atoms with van der Waals surface area (Å²) in [7, 11) is 1.57. The second kappa shape index (κ2) is 12.3. The van der Waals surface area contributed by atoms with Gasteiger partial charge in [-0.2, -0.15) is 0 Å². The van der Waals surface area contributed by atoms with Crippen LogP contribution in [0.4, 0.5) is 0 Å². The molecule has 0 aliphatic rings. The molecule has 0 aliphatic heterocycles. The average molecular weight is 450 g/mol. The topological polar surface area (TPSA) is 56.8 Å². The van der Waals surface area contributed by atoms with E-state index in [1.54, 1.807) is 31.4 Å². The minimum atomic E-state index is -0.756. The summed E-state index contributed by atoms with van der Waals surface area (Å²) < 4.78 is 16.6. The molecule has 160 valence electrons. The Labute approximate surface area is 187 Å². The maximum Gasteiger partial charge on any atom is 0.253 e. The summed E-state index contributed by atoms with van der Waals surface area (Å²) in [6.45, 7) is 3.03. The molecular weight excluding hydrogens is 425 g/mol. The lowest BCUT2D eigenvalue weighted by atomic mass is 10.1. The standard InChI is InChI=1S/C23H25Cl2NO4/c1-4-12-29-20-9-6-16(14-21(20)28-3)10-11-26-23(27)22(30-13-5-2)17-7-8-18(24)19(25)15-17/h1,6-9,14-15,22H,5,10-13H2,2-3H3,(H,26,27). The van der Waals surface area contributed by atoms with Crippen LogP contribution in [0.2, 0.25) is 10.0 Å². The normalized spacial score (nSPS) is 11.4. The van der Waals surface area contributed by atoms with Gasteiger partial charge in [-0.15, -0.1) is 6.42 Å². The molecule has 0 aliphatic carbocycles. The van der Waals surface area contributed by atoms with E-state index in [1.165, 1.54) is 0 Å². The highest BCUT2D eigenvalue weighted by Crippen LogP contribution is 2.29. The molecule has 0 heterocycles. The fraction of sp³-hybridized carbons (Fsp3) is 0.348. The Morgan fingerprint density at radius 2 is 1.97 bits per heavy atom. The number of hydrogen-bond donors (Lipinski definition) is 1. The van der Waals surface area contributed by atoms with E-state index in [1.807, 2.05) is 19.1 Å². The first-order valence-corrected chi connectivity index (χ1v) is 10.3. The molecule has 1 amide bonds. The van der Waals surface area contributed by atoms with Crippen molar-refractivity contribution in [1.82, 2.24) is 5.32 Å². The zero-order chi connectivity index (χ0) is 21.9. The Bertz CT molecular complexity index is 895. The van der Waals surface area contributed by atoms with Crippen LogP contribution in [-0.4, -0.2) is 32.8 Å². The Morgan fingerprint density at radius 1 is 1.17 bits per heavy atom. The van der Waals surface area contributed by atoms with Crippen LogP contribution >= 0.6 is 23.2 Å². The van der Waals surface area contributed by atoms with Crippen LogP contribution in [0.5, 0.6) is 11.5 Å². The molecule has 0 aromatic heterocycles. The molecule has 0 radical (unpaired) electrons. The van der Waals surface area contributed by atoms with Gasteiger partial charge < -0.3 is 19.5 Å². The van der Waals surface area contributed by atoms with Crippen molar-refractivity contribution in [2.75, 3.05) is 26.9 Å². The first-order chi connectivity index (χ1) is 14.5. The summed E-state index contributed by atoms with van der Waals surface area (Å²) in [6, 6.07) is 10.6. The van der Waals surface area contributed by atoms with E-state index in [-0.39, 0.29) is 12.5 Å². The monoisotopic (exact) mass is 449 g/mol. The van der Waals surface area contributed by atoms with Crippen LogP contribution in [-0.2, 0) is 16.0 Å². The van der Waals surface area contributed by atoms with E-state index >= 15 is 0 Å². The van der Waals surface area contributed by atoms with Crippen molar-refractivity contribution in [3.05, 3.63) is 57.6 Å². The lowest BCUT2D eigenvalue weighted by molar-refractivity contribution is -0.133. The zero-order valence-electron chi connectivity index (χ0n) is 17.0. The Balaban J connectivity index is 2.01. The second-order valence-electron chi connectivity index (χ2n) is 6.44. The number of benzene rings is 2. The molecule has 7 heteroatoms. The lowest BCUT2D eigenvalue weighted by Crippen LogP contribution is -2.32. The predicted octanol–water partition coefficient (Wildman–Crippen LogP) is 4.84. The van der Waals surface area contributed by atoms with E-state index in [9.17, 15) is 4.79 Å². The summed E-state index contributed by atoms with van der Waals surface area (Å²) in [4.78, 5) is 12.8. The highest BCUT2D eigenvalue weighted by atomic mass is 35.5. The van der Waals surface area contributed by atoms with Gasteiger partial charge in [-0.3, -0.25) is 4.79 Å². The average Bonchev–Trinajstić information content (AvgIpc) is 2.75. The number of methoxy groups -OCH3 is 1. The molecule has 0 saturated carbocycles. The van der Waals surface area contributed by atoms with Crippen LogP contribution < -0.4 is 14.8 Å². The molecule has 30 heavy (non-hydrogen) atoms. The molecule has 0 bridgehead atoms. The van der Waals surface area contributed by atoms with Crippen molar-refractivity contribution >= 4 is 29.1 Å². The smallest absolute Gasteiger partial charge is 0.253 e. The van der Waals surface area contributed by atoms with E-state index < -0.39 is 6.10 Å². The molecule has 1 atom stereocenters. The summed E-state index contributed by atoms with van der Waals surface area (Å²) >= 11 is 12.1. The van der Waals surface area contributed by atoms with Crippen molar-refractivity contribution in [1.29, 1.82) is 0 Å². The van der Waals surface area contributed by atoms with E-state index in [4.69, 9.17) is 43.8 Å². The number of halogens is 2. The first kappa shape index (κ1) is 23.9. The molecule has 0 saturated heterocycles. The molecule has 1 unspecified atom stereocenters. The van der Waals surface area contributed by atoms with E-state index in [0.29, 0.717) is 46.7 Å². The van der Waals surface area contributed by atoms with Crippen LogP contribution in [0.1, 0.15) is 30.6 Å². The second-order valence-corrected chi connectivity index (χ2v) is 7.26. The van der Waals surface area contributed by atoms with Gasteiger partial charge in [-0.1, -0.05) is 48.2 Å². The molecule has 2 aromatic rings. The van der Waals surface area contributed by atoms with Crippen molar-refractivity contribution < 1.29 is 19.0 Å². The first-order valence-electron chi connectivity index (χ1n) is 9.57. The van der Waals surface area contributed by atoms with Gasteiger partial charge in [0.2, 0.25) is 0 Å². The fourth-order valence-electron chi connectivity index (χ4n) is 2.76. The van der Waals surface area contributed by atoms with Crippen molar-refractivity contribution in [2.24, 2.45) is 0 Å². The van der Waals surface area contributed by atoms with Crippen LogP contribution in [0, 0.1) is 12.3 Å². The summed E-state index contributed by atoms with van der Waals surface area (Å²) in [6.07, 6.45) is 5.87. The quantitative estimate of drug-likeness (QED) is 0.498. The number of hydrogen-bond acceptors (Lipinski definition) is 4. The van der Waals surface area contributed by atoms with Gasteiger partial charge in [0.15, 0.2) is 17.6 Å². The number of rotatable bonds is 11. The van der Waals surface area contributed by atoms with Gasteiger partial charge in [-0.05, 0) is 48.2 Å². The maximum atomic E-state index is 12.8. The van der Waals surface area contributed by atoms with Gasteiger partial charge >= 0.3 is 0 Å². The number of terminal acetylenes is 1. The summed E-state index contributed by atoms with van der Waals surface area (Å²) in [5.74, 6) is 3.36. The fourth-order valence-corrected chi connectivity index (χ4v) is 3.07. The summed E-state index contributed by atoms with van der Waals surface area (Å²) in [5, 5.41) is 3.73. The number of amides is 1. The van der Waals surface area contributed by atoms with E-state index in [2.05, 4.69) is 11.2 Å². The Morgan fingerprint density at radius 3 is 2.63 bits per heavy atom. The van der Waals surface area contributed by atoms with Gasteiger partial charge in [0.25, 0.3) is 5.91 Å². The SMILES string of the molecule is C#CCOc1ccc(CCNC(=O)C(OCCC)c2ccc(Cl)c(Cl)c2)cc1OC. The van der Waals surface area contributed by atoms with Crippen LogP contribution in [0.3, 0.4) is 0 Å². The van der Waals surface area contributed by atoms with Crippen molar-refractivity contribution in [3.8, 4) is 23.8 Å². The largest absolute Gasteiger partial charge is 0.493 e. The Kier molecular flexibility index (Phi) is 9.82. The molecule has 1 N–H and O–H groups in total. The third kappa shape index (κ3) is 6.84. The minimum absolute atomic E-state index is 0.166. The minimum Gasteiger partial charge on any atom is -0.493 e. The lowest BCUT2D eigenvalue weighted by Gasteiger charge is -2.18. The molecular formula is C23H25Cl2NO4. The predicted molar refractivity (Wildman–Crippen MR) is 119 cm³/mol. The number of ether oxygens (including phenoxy) is 3. The van der Waals surface area contributed by atoms with Crippen LogP contribution in [0.25, 0.3) is 0 Å². The van der Waals surface area contributed by atoms with Crippen molar-refractivity contribution in [3.63, 3.8) is 0 Å². The van der Waals surface area contributed by atoms with Crippen LogP contribution in [0.15, 0.2) is 36.4 Å². The van der Waals surface area contributed by atoms with Gasteiger partial charge in [0, 0.05) is 13.2 Å². The molecule has 5 nitrogen and oxygen atoms in total. The van der Waals surface area contributed by atoms with Gasteiger partial charge in [0.1, 0.15) is 6.61 Å². The third-order valence-electron chi connectivity index (χ3n) is 4.23. The highest BCUT2D eigenvalue weighted by molar-refractivity contribution is 6.42. The Hall–Kier alpha value is -2.39. The number of nitrogens with one attached hydrogen (secondary N) is 1. The van der Waals surface area contributed by atoms with Gasteiger partial charge in [-0.25, -0.2) is 0 Å². The van der Waals surface area contributed by atoms with Gasteiger partial charge in [0.05, 0.1) is 17.2 Å². The maximum absolute atomic E-state index is 12.8. The van der Waals surface area contributed by atoms with Crippen molar-refractivity contribution in [2.45, 2.75) is 25.9 Å². The molecule has 0 spiro atoms. The number of carbonyl (C=O) groups is 1.